The van der Waals surface area contributed by atoms with Gasteiger partial charge in [0.15, 0.2) is 15.9 Å². The number of benzene rings is 1. The molecule has 9 heteroatoms. The van der Waals surface area contributed by atoms with E-state index < -0.39 is 0 Å². The zero-order valence-corrected chi connectivity index (χ0v) is 17.5. The number of nitrogens with one attached hydrogen (secondary N) is 2. The highest BCUT2D eigenvalue weighted by molar-refractivity contribution is 8.00. The number of rotatable bonds is 5. The van der Waals surface area contributed by atoms with Crippen molar-refractivity contribution in [3.8, 4) is 0 Å². The van der Waals surface area contributed by atoms with Gasteiger partial charge in [-0.25, -0.2) is 0 Å². The van der Waals surface area contributed by atoms with Crippen molar-refractivity contribution in [2.75, 3.05) is 31.3 Å². The monoisotopic (exact) mass is 411 g/mol. The lowest BCUT2D eigenvalue weighted by atomic mass is 10.1. The van der Waals surface area contributed by atoms with Crippen LogP contribution in [0.15, 0.2) is 18.2 Å². The number of methoxy groups -OCH3 is 1. The van der Waals surface area contributed by atoms with Crippen molar-refractivity contribution in [1.29, 1.82) is 0 Å². The number of aromatic nitrogens is 2. The van der Waals surface area contributed by atoms with Gasteiger partial charge in [-0.05, 0) is 37.7 Å². The van der Waals surface area contributed by atoms with Crippen LogP contribution in [-0.2, 0) is 16.2 Å². The molecular weight excluding hydrogens is 388 g/mol. The fourth-order valence-corrected chi connectivity index (χ4v) is 5.23. The van der Waals surface area contributed by atoms with Crippen molar-refractivity contribution in [3.63, 3.8) is 0 Å². The Morgan fingerprint density at radius 1 is 1.50 bits per heavy atom. The molecule has 1 aromatic carbocycles. The largest absolute Gasteiger partial charge is 0.468 e. The lowest BCUT2D eigenvalue weighted by Crippen LogP contribution is -3.14. The average molecular weight is 412 g/mol. The van der Waals surface area contributed by atoms with E-state index >= 15 is 0 Å². The Hall–Kier alpha value is -1.42. The molecule has 3 rings (SSSR count). The highest BCUT2D eigenvalue weighted by Gasteiger charge is 2.30. The van der Waals surface area contributed by atoms with Crippen molar-refractivity contribution in [3.05, 3.63) is 33.3 Å². The van der Waals surface area contributed by atoms with Crippen LogP contribution in [0.1, 0.15) is 11.1 Å². The van der Waals surface area contributed by atoms with E-state index in [0.29, 0.717) is 6.67 Å². The van der Waals surface area contributed by atoms with E-state index in [1.54, 1.807) is 11.8 Å². The maximum atomic E-state index is 11.8. The Morgan fingerprint density at radius 2 is 2.31 bits per heavy atom. The summed E-state index contributed by atoms with van der Waals surface area (Å²) in [5.41, 5.74) is 3.45. The zero-order valence-electron chi connectivity index (χ0n) is 15.1. The molecule has 0 aliphatic carbocycles. The van der Waals surface area contributed by atoms with Crippen molar-refractivity contribution >= 4 is 52.1 Å². The Balaban J connectivity index is 1.68. The van der Waals surface area contributed by atoms with Crippen LogP contribution in [0.4, 0.5) is 10.8 Å². The third kappa shape index (κ3) is 4.64. The summed E-state index contributed by atoms with van der Waals surface area (Å²) in [5.74, 6) is 0.784. The van der Waals surface area contributed by atoms with Crippen LogP contribution in [0.25, 0.3) is 0 Å². The Bertz CT molecular complexity index is 849. The molecule has 6 nitrogen and oxygen atoms in total. The summed E-state index contributed by atoms with van der Waals surface area (Å²) in [7, 11) is 1.44. The second-order valence-corrected chi connectivity index (χ2v) is 9.29. The van der Waals surface area contributed by atoms with E-state index in [9.17, 15) is 4.79 Å². The number of carbonyl (C=O) groups is 1. The van der Waals surface area contributed by atoms with Gasteiger partial charge in [0.05, 0.1) is 13.7 Å². The number of ether oxygens (including phenoxy) is 1. The van der Waals surface area contributed by atoms with Gasteiger partial charge in [-0.15, -0.1) is 16.9 Å². The fourth-order valence-electron chi connectivity index (χ4n) is 2.93. The molecule has 2 N–H and O–H groups in total. The molecule has 2 atom stereocenters. The molecule has 0 radical (unpaired) electrons. The molecule has 0 amide bonds. The Kier molecular flexibility index (Phi) is 6.33. The summed E-state index contributed by atoms with van der Waals surface area (Å²) >= 11 is 8.61. The predicted octanol–water partition coefficient (Wildman–Crippen LogP) is 2.17. The van der Waals surface area contributed by atoms with Gasteiger partial charge in [0.1, 0.15) is 6.54 Å². The molecule has 1 fully saturated rings. The normalized spacial score (nSPS) is 20.0. The number of aryl methyl sites for hydroxylation is 2. The maximum Gasteiger partial charge on any atom is 0.324 e. The number of anilines is 2. The highest BCUT2D eigenvalue weighted by Crippen LogP contribution is 2.23. The van der Waals surface area contributed by atoms with Crippen LogP contribution in [-0.4, -0.2) is 47.0 Å². The van der Waals surface area contributed by atoms with Crippen LogP contribution in [0.2, 0.25) is 0 Å². The van der Waals surface area contributed by atoms with Crippen molar-refractivity contribution in [2.24, 2.45) is 0 Å². The lowest BCUT2D eigenvalue weighted by Gasteiger charge is -2.27. The molecule has 1 saturated heterocycles. The van der Waals surface area contributed by atoms with E-state index in [1.807, 2.05) is 4.68 Å². The van der Waals surface area contributed by atoms with E-state index in [0.717, 1.165) is 33.6 Å². The third-order valence-electron chi connectivity index (χ3n) is 4.32. The quantitative estimate of drug-likeness (QED) is 0.581. The van der Waals surface area contributed by atoms with E-state index in [1.165, 1.54) is 34.5 Å². The molecule has 1 aliphatic rings. The zero-order chi connectivity index (χ0) is 18.7. The van der Waals surface area contributed by atoms with Crippen LogP contribution >= 0.6 is 35.3 Å². The molecule has 0 spiro atoms. The van der Waals surface area contributed by atoms with Crippen LogP contribution < -0.4 is 10.2 Å². The van der Waals surface area contributed by atoms with E-state index in [4.69, 9.17) is 17.0 Å². The summed E-state index contributed by atoms with van der Waals surface area (Å²) in [6, 6.07) is 6.28. The standard InChI is InChI=1S/C17H22N4O2S3/c1-11-4-5-13(12(2)8-11)18-16-19-21(17(24)26-16)10-20-6-7-25-14(9-20)15(22)23-3/h4-5,8,14H,6-7,9-10H2,1-3H3,(H,18,19)/p+1/t14-/m0/s1. The van der Waals surface area contributed by atoms with Gasteiger partial charge in [0.2, 0.25) is 5.13 Å². The second-order valence-electron chi connectivity index (χ2n) is 6.36. The average Bonchev–Trinajstić information content (AvgIpc) is 2.96. The molecule has 0 saturated carbocycles. The molecule has 1 aliphatic heterocycles. The number of carbonyl (C=O) groups excluding carboxylic acids is 1. The van der Waals surface area contributed by atoms with Gasteiger partial charge in [-0.3, -0.25) is 4.79 Å². The van der Waals surface area contributed by atoms with E-state index in [2.05, 4.69) is 42.5 Å². The number of esters is 1. The number of nitrogens with zero attached hydrogens (tertiary/aromatic N) is 2. The van der Waals surface area contributed by atoms with Crippen LogP contribution in [0, 0.1) is 17.8 Å². The lowest BCUT2D eigenvalue weighted by molar-refractivity contribution is -0.921. The summed E-state index contributed by atoms with van der Waals surface area (Å²) in [6.45, 7) is 6.54. The first-order chi connectivity index (χ1) is 12.5. The third-order valence-corrected chi connectivity index (χ3v) is 6.74. The molecule has 1 aromatic heterocycles. The number of hydrogen-bond donors (Lipinski definition) is 2. The SMILES string of the molecule is COC(=O)[C@@H]1C[NH+](Cn2nc(Nc3ccc(C)cc3C)sc2=S)CCS1. The van der Waals surface area contributed by atoms with Gasteiger partial charge < -0.3 is 15.0 Å². The molecule has 26 heavy (non-hydrogen) atoms. The minimum absolute atomic E-state index is 0.107. The first-order valence-electron chi connectivity index (χ1n) is 8.41. The molecular formula is C17H23N4O2S3+. The number of hydrogen-bond acceptors (Lipinski definition) is 7. The van der Waals surface area contributed by atoms with Gasteiger partial charge in [0, 0.05) is 11.4 Å². The maximum absolute atomic E-state index is 11.8. The van der Waals surface area contributed by atoms with Gasteiger partial charge >= 0.3 is 5.97 Å². The highest BCUT2D eigenvalue weighted by atomic mass is 32.2. The van der Waals surface area contributed by atoms with E-state index in [-0.39, 0.29) is 11.2 Å². The van der Waals surface area contributed by atoms with Gasteiger partial charge in [0.25, 0.3) is 0 Å². The molecule has 0 bridgehead atoms. The summed E-state index contributed by atoms with van der Waals surface area (Å²) < 4.78 is 7.46. The van der Waals surface area contributed by atoms with Crippen LogP contribution in [0.5, 0.6) is 0 Å². The van der Waals surface area contributed by atoms with Gasteiger partial charge in [-0.1, -0.05) is 29.0 Å². The van der Waals surface area contributed by atoms with Gasteiger partial charge in [-0.2, -0.15) is 4.68 Å². The predicted molar refractivity (Wildman–Crippen MR) is 109 cm³/mol. The summed E-state index contributed by atoms with van der Waals surface area (Å²) in [5, 5.41) is 8.68. The van der Waals surface area contributed by atoms with Crippen molar-refractivity contribution in [1.82, 2.24) is 9.78 Å². The minimum Gasteiger partial charge on any atom is -0.468 e. The Morgan fingerprint density at radius 3 is 3.04 bits per heavy atom. The molecule has 2 heterocycles. The second kappa shape index (κ2) is 8.51. The topological polar surface area (TPSA) is 60.6 Å². The number of thioether (sulfide) groups is 1. The fraction of sp³-hybridized carbons (Fsp3) is 0.471. The first kappa shape index (κ1) is 19.3. The van der Waals surface area contributed by atoms with Crippen LogP contribution in [0.3, 0.4) is 0 Å². The van der Waals surface area contributed by atoms with Crippen molar-refractivity contribution < 1.29 is 14.4 Å². The summed E-state index contributed by atoms with van der Waals surface area (Å²) in [6.07, 6.45) is 0. The molecule has 1 unspecified atom stereocenters. The minimum atomic E-state index is -0.147. The Labute approximate surface area is 166 Å². The van der Waals surface area contributed by atoms with Crippen molar-refractivity contribution in [2.45, 2.75) is 25.8 Å². The first-order valence-corrected chi connectivity index (χ1v) is 10.7. The number of quaternary nitrogens is 1. The molecule has 2 aromatic rings. The molecule has 140 valence electrons. The smallest absolute Gasteiger partial charge is 0.324 e. The summed E-state index contributed by atoms with van der Waals surface area (Å²) in [4.78, 5) is 13.1.